The van der Waals surface area contributed by atoms with Gasteiger partial charge in [0.1, 0.15) is 0 Å². The van der Waals surface area contributed by atoms with E-state index in [0.717, 1.165) is 26.8 Å². The smallest absolute Gasteiger partial charge is 0.0755 e. The Morgan fingerprint density at radius 2 is 0.500 bits per heavy atom. The lowest BCUT2D eigenvalue weighted by Gasteiger charge is -2.45. The first-order valence-electron chi connectivity index (χ1n) is 39.0. The SMILES string of the molecule is CC(C)(C)c1ccc(N2c3ccccc3C3(c4cc(Br)ccc4-c4ccc(Br)cc43)c3cc(C(C)(C)C)ccc32)cc1.Cc1ccc(N2c3ccccc3C3(c4cc(Br)ccc4-c4ccc(Br)cc43)c3cc(C)ccc32)cc1.Cc1cccc(N2c3ccccc3C3(c4cc(Br)ccc4-c4ccc(Br)cc43)c3ccc(C)cc32)c1. The molecule has 15 aromatic rings. The van der Waals surface area contributed by atoms with Crippen molar-refractivity contribution in [2.24, 2.45) is 0 Å². The third kappa shape index (κ3) is 11.6. The molecule has 3 nitrogen and oxygen atoms in total. The normalized spacial score (nSPS) is 14.5. The highest BCUT2D eigenvalue weighted by Gasteiger charge is 2.56. The summed E-state index contributed by atoms with van der Waals surface area (Å²) in [5.74, 6) is 0. The molecule has 0 atom stereocenters. The Kier molecular flexibility index (Phi) is 18.3. The van der Waals surface area contributed by atoms with Crippen molar-refractivity contribution in [3.05, 3.63) is 436 Å². The van der Waals surface area contributed by atoms with Crippen LogP contribution in [0.5, 0.6) is 0 Å². The second-order valence-electron chi connectivity index (χ2n) is 33.4. The molecule has 0 N–H and O–H groups in total. The van der Waals surface area contributed by atoms with Crippen LogP contribution in [0.15, 0.2) is 336 Å². The van der Waals surface area contributed by atoms with E-state index in [4.69, 9.17) is 0 Å². The number of benzene rings is 15. The quantitative estimate of drug-likeness (QED) is 0.175. The molecule has 21 rings (SSSR count). The summed E-state index contributed by atoms with van der Waals surface area (Å²) in [5.41, 5.74) is 41.0. The molecule has 3 aliphatic carbocycles. The van der Waals surface area contributed by atoms with Crippen molar-refractivity contribution in [1.82, 2.24) is 0 Å². The molecule has 9 heteroatoms. The highest BCUT2D eigenvalue weighted by molar-refractivity contribution is 9.11. The number of halogens is 6. The molecule has 0 aromatic heterocycles. The summed E-state index contributed by atoms with van der Waals surface area (Å²) in [4.78, 5) is 7.36. The number of anilines is 9. The minimum Gasteiger partial charge on any atom is -0.310 e. The van der Waals surface area contributed by atoms with Gasteiger partial charge in [0.25, 0.3) is 0 Å². The molecule has 558 valence electrons. The lowest BCUT2D eigenvalue weighted by molar-refractivity contribution is 0.587. The zero-order valence-electron chi connectivity index (χ0n) is 65.1. The van der Waals surface area contributed by atoms with Gasteiger partial charge in [0.15, 0.2) is 0 Å². The lowest BCUT2D eigenvalue weighted by atomic mass is 9.64. The largest absolute Gasteiger partial charge is 0.310 e. The fourth-order valence-electron chi connectivity index (χ4n) is 19.5. The van der Waals surface area contributed by atoms with Gasteiger partial charge >= 0.3 is 0 Å². The molecular weight excluding hydrogens is 1780 g/mol. The van der Waals surface area contributed by atoms with E-state index in [9.17, 15) is 0 Å². The van der Waals surface area contributed by atoms with E-state index in [2.05, 4.69) is 489 Å². The fourth-order valence-corrected chi connectivity index (χ4v) is 21.7. The number of nitrogens with zero attached hydrogens (tertiary/aromatic N) is 3. The molecule has 3 heterocycles. The van der Waals surface area contributed by atoms with E-state index < -0.39 is 16.2 Å². The van der Waals surface area contributed by atoms with Crippen molar-refractivity contribution < 1.29 is 0 Å². The summed E-state index contributed by atoms with van der Waals surface area (Å²) < 4.78 is 6.58. The van der Waals surface area contributed by atoms with E-state index >= 15 is 0 Å². The van der Waals surface area contributed by atoms with Crippen molar-refractivity contribution >= 4 is 147 Å². The summed E-state index contributed by atoms with van der Waals surface area (Å²) in [5, 5.41) is 0. The molecule has 0 saturated carbocycles. The maximum absolute atomic E-state index is 3.85. The summed E-state index contributed by atoms with van der Waals surface area (Å²) in [6.45, 7) is 22.4. The van der Waals surface area contributed by atoms with E-state index in [1.165, 1.54) is 185 Å². The second-order valence-corrected chi connectivity index (χ2v) is 38.9. The molecular formula is C105H81Br6N3. The Hall–Kier alpha value is -9.42. The Bertz CT molecular complexity index is 6340. The van der Waals surface area contributed by atoms with Crippen LogP contribution in [0.3, 0.4) is 0 Å². The van der Waals surface area contributed by atoms with Crippen LogP contribution >= 0.6 is 95.6 Å². The number of fused-ring (bicyclic) bond motifs is 27. The van der Waals surface area contributed by atoms with Crippen LogP contribution in [0.2, 0.25) is 0 Å². The van der Waals surface area contributed by atoms with Crippen LogP contribution in [0.1, 0.15) is 142 Å². The Balaban J connectivity index is 0.000000115. The number of para-hydroxylation sites is 3. The maximum Gasteiger partial charge on any atom is 0.0755 e. The zero-order chi connectivity index (χ0) is 78.8. The molecule has 15 aromatic carbocycles. The maximum atomic E-state index is 3.85. The van der Waals surface area contributed by atoms with Crippen LogP contribution in [0.4, 0.5) is 51.2 Å². The Morgan fingerprint density at radius 3 is 0.895 bits per heavy atom. The van der Waals surface area contributed by atoms with Crippen molar-refractivity contribution in [3.8, 4) is 33.4 Å². The summed E-state index contributed by atoms with van der Waals surface area (Å²) in [7, 11) is 0. The third-order valence-electron chi connectivity index (χ3n) is 24.5. The summed E-state index contributed by atoms with van der Waals surface area (Å²) >= 11 is 22.9. The predicted molar refractivity (Wildman–Crippen MR) is 499 cm³/mol. The molecule has 0 bridgehead atoms. The fraction of sp³-hybridized carbons (Fsp3) is 0.143. The van der Waals surface area contributed by atoms with Crippen molar-refractivity contribution in [2.45, 2.75) is 96.3 Å². The number of hydrogen-bond donors (Lipinski definition) is 0. The first-order valence-corrected chi connectivity index (χ1v) is 43.7. The molecule has 6 aliphatic rings. The van der Waals surface area contributed by atoms with Gasteiger partial charge in [-0.1, -0.05) is 312 Å². The molecule has 3 spiro atoms. The minimum atomic E-state index is -0.465. The van der Waals surface area contributed by atoms with Crippen LogP contribution in [-0.2, 0) is 27.1 Å². The Labute approximate surface area is 720 Å². The molecule has 0 fully saturated rings. The highest BCUT2D eigenvalue weighted by Crippen LogP contribution is 2.68. The number of aryl methyl sites for hydroxylation is 4. The van der Waals surface area contributed by atoms with Gasteiger partial charge in [0.2, 0.25) is 0 Å². The second kappa shape index (κ2) is 27.9. The molecule has 3 aliphatic heterocycles. The van der Waals surface area contributed by atoms with E-state index in [-0.39, 0.29) is 10.8 Å². The molecule has 114 heavy (non-hydrogen) atoms. The topological polar surface area (TPSA) is 9.72 Å². The minimum absolute atomic E-state index is 0.00514. The molecule has 0 radical (unpaired) electrons. The number of hydrogen-bond acceptors (Lipinski definition) is 3. The van der Waals surface area contributed by atoms with E-state index in [0.29, 0.717) is 0 Å². The van der Waals surface area contributed by atoms with E-state index in [1.54, 1.807) is 0 Å². The van der Waals surface area contributed by atoms with Gasteiger partial charge in [-0.25, -0.2) is 0 Å². The monoisotopic (exact) mass is 1860 g/mol. The van der Waals surface area contributed by atoms with Gasteiger partial charge in [-0.05, 0) is 307 Å². The summed E-state index contributed by atoms with van der Waals surface area (Å²) in [6, 6.07) is 115. The average molecular weight is 1860 g/mol. The standard InChI is InChI=1S/C39H35Br2N.2C33H23Br2N/c1-37(2,3)24-11-16-28(17-12-24)42-35-10-8-7-9-31(35)39(34-21-25(38(4,5)6)13-20-36(34)42)32-22-26(40)14-18-29(32)30-19-15-27(41)23-33(30)39;1-20-6-5-7-24(16-20)36-31-9-4-3-8-27(31)33(28-15-10-21(2)17-32(28)36)29-18-22(34)11-13-25(29)26-14-12-23(35)19-30(26)33;1-20-7-12-24(13-8-20)36-31-6-4-3-5-27(31)33(30-17-21(2)9-16-32(30)36)28-18-22(34)10-14-25(28)26-15-11-23(35)19-29(26)33/h7-23H,1-6H3;2*3-19H,1-2H3. The van der Waals surface area contributed by atoms with Crippen LogP contribution in [0.25, 0.3) is 33.4 Å². The molecule has 0 amide bonds. The van der Waals surface area contributed by atoms with Gasteiger partial charge in [-0.15, -0.1) is 0 Å². The summed E-state index contributed by atoms with van der Waals surface area (Å²) in [6.07, 6.45) is 0. The highest BCUT2D eigenvalue weighted by atomic mass is 79.9. The van der Waals surface area contributed by atoms with Gasteiger partial charge < -0.3 is 14.7 Å². The average Bonchev–Trinajstić information content (AvgIpc) is 1.48. The number of rotatable bonds is 3. The van der Waals surface area contributed by atoms with Gasteiger partial charge in [-0.2, -0.15) is 0 Å². The lowest BCUT2D eigenvalue weighted by Crippen LogP contribution is -2.36. The van der Waals surface area contributed by atoms with Crippen molar-refractivity contribution in [3.63, 3.8) is 0 Å². The van der Waals surface area contributed by atoms with Crippen molar-refractivity contribution in [1.29, 1.82) is 0 Å². The Morgan fingerprint density at radius 1 is 0.202 bits per heavy atom. The van der Waals surface area contributed by atoms with Crippen LogP contribution in [0, 0.1) is 27.7 Å². The van der Waals surface area contributed by atoms with Gasteiger partial charge in [0.05, 0.1) is 50.4 Å². The van der Waals surface area contributed by atoms with Crippen molar-refractivity contribution in [2.75, 3.05) is 14.7 Å². The van der Waals surface area contributed by atoms with Gasteiger partial charge in [-0.3, -0.25) is 0 Å². The first-order chi connectivity index (χ1) is 54.9. The third-order valence-corrected chi connectivity index (χ3v) is 27.4. The van der Waals surface area contributed by atoms with E-state index in [1.807, 2.05) is 0 Å². The molecule has 0 unspecified atom stereocenters. The van der Waals surface area contributed by atoms with Gasteiger partial charge in [0, 0.05) is 43.9 Å². The predicted octanol–water partition coefficient (Wildman–Crippen LogP) is 31.9. The zero-order valence-corrected chi connectivity index (χ0v) is 74.6. The van der Waals surface area contributed by atoms with Crippen LogP contribution in [-0.4, -0.2) is 0 Å². The first kappa shape index (κ1) is 74.7. The molecule has 0 saturated heterocycles. The van der Waals surface area contributed by atoms with Crippen LogP contribution < -0.4 is 14.7 Å².